The third-order valence-corrected chi connectivity index (χ3v) is 2.80. The van der Waals surface area contributed by atoms with Crippen LogP contribution in [0.3, 0.4) is 0 Å². The summed E-state index contributed by atoms with van der Waals surface area (Å²) in [7, 11) is 0. The normalized spacial score (nSPS) is 11.6. The lowest BCUT2D eigenvalue weighted by atomic mass is 10.2. The number of hydrogen-bond donors (Lipinski definition) is 3. The Bertz CT molecular complexity index is 334. The first-order valence-corrected chi connectivity index (χ1v) is 6.95. The van der Waals surface area contributed by atoms with Gasteiger partial charge in [0.25, 0.3) is 0 Å². The molecule has 1 atom stereocenters. The number of nitrogens with zero attached hydrogens (tertiary/aromatic N) is 1. The van der Waals surface area contributed by atoms with Crippen molar-refractivity contribution in [1.29, 1.82) is 0 Å². The third kappa shape index (κ3) is 7.60. The number of carbonyl (C=O) groups excluding carboxylic acids is 2. The lowest BCUT2D eigenvalue weighted by Gasteiger charge is -2.27. The van der Waals surface area contributed by atoms with E-state index in [4.69, 9.17) is 5.11 Å². The van der Waals surface area contributed by atoms with Gasteiger partial charge in [-0.25, -0.2) is 4.79 Å². The van der Waals surface area contributed by atoms with E-state index in [-0.39, 0.29) is 37.4 Å². The Morgan fingerprint density at radius 1 is 1.15 bits per heavy atom. The lowest BCUT2D eigenvalue weighted by Crippen LogP contribution is -2.46. The molecule has 3 N–H and O–H groups in total. The molecule has 0 saturated heterocycles. The fourth-order valence-corrected chi connectivity index (χ4v) is 1.76. The van der Waals surface area contributed by atoms with Gasteiger partial charge in [-0.05, 0) is 20.3 Å². The van der Waals surface area contributed by atoms with Crippen molar-refractivity contribution < 1.29 is 19.5 Å². The fraction of sp³-hybridized carbons (Fsp3) is 0.769. The van der Waals surface area contributed by atoms with Gasteiger partial charge < -0.3 is 20.6 Å². The van der Waals surface area contributed by atoms with Gasteiger partial charge in [0.05, 0.1) is 6.42 Å². The highest BCUT2D eigenvalue weighted by atomic mass is 16.4. The van der Waals surface area contributed by atoms with Crippen LogP contribution in [0.5, 0.6) is 0 Å². The van der Waals surface area contributed by atoms with Crippen molar-refractivity contribution in [2.24, 2.45) is 0 Å². The molecule has 7 heteroatoms. The number of aliphatic carboxylic acids is 1. The van der Waals surface area contributed by atoms with Crippen molar-refractivity contribution in [2.45, 2.75) is 46.1 Å². The van der Waals surface area contributed by atoms with Crippen LogP contribution in [0, 0.1) is 0 Å². The molecule has 0 aliphatic rings. The quantitative estimate of drug-likeness (QED) is 0.584. The first-order chi connectivity index (χ1) is 9.42. The first kappa shape index (κ1) is 18.2. The number of hydrogen-bond acceptors (Lipinski definition) is 3. The zero-order chi connectivity index (χ0) is 15.5. The van der Waals surface area contributed by atoms with E-state index in [1.165, 1.54) is 4.90 Å². The van der Waals surface area contributed by atoms with Crippen molar-refractivity contribution in [3.05, 3.63) is 0 Å². The molecule has 0 fully saturated rings. The van der Waals surface area contributed by atoms with E-state index in [1.54, 1.807) is 13.8 Å². The van der Waals surface area contributed by atoms with Crippen molar-refractivity contribution in [3.8, 4) is 0 Å². The van der Waals surface area contributed by atoms with Gasteiger partial charge >= 0.3 is 12.0 Å². The van der Waals surface area contributed by atoms with Crippen LogP contribution in [-0.4, -0.2) is 53.6 Å². The van der Waals surface area contributed by atoms with Crippen LogP contribution in [-0.2, 0) is 9.59 Å². The number of carboxylic acids is 1. The standard InChI is InChI=1S/C13H25N3O4/c1-4-7-14-11(17)6-8-15-13(20)16(5-2)10(3)9-12(18)19/h10H,4-9H2,1-3H3,(H,14,17)(H,15,20)(H,18,19). The van der Waals surface area contributed by atoms with Gasteiger partial charge in [0.2, 0.25) is 5.91 Å². The molecule has 0 heterocycles. The second-order valence-corrected chi connectivity index (χ2v) is 4.56. The molecule has 0 aromatic heterocycles. The SMILES string of the molecule is CCCNC(=O)CCNC(=O)N(CC)C(C)CC(=O)O. The molecule has 7 nitrogen and oxygen atoms in total. The van der Waals surface area contributed by atoms with Gasteiger partial charge in [0.1, 0.15) is 0 Å². The van der Waals surface area contributed by atoms with Crippen LogP contribution in [0.1, 0.15) is 40.0 Å². The van der Waals surface area contributed by atoms with Gasteiger partial charge in [-0.1, -0.05) is 6.92 Å². The summed E-state index contributed by atoms with van der Waals surface area (Å²) in [6.07, 6.45) is 0.989. The third-order valence-electron chi connectivity index (χ3n) is 2.80. The van der Waals surface area contributed by atoms with Crippen molar-refractivity contribution in [1.82, 2.24) is 15.5 Å². The molecule has 0 rings (SSSR count). The predicted molar refractivity (Wildman–Crippen MR) is 75.4 cm³/mol. The van der Waals surface area contributed by atoms with Gasteiger partial charge in [0, 0.05) is 32.1 Å². The summed E-state index contributed by atoms with van der Waals surface area (Å²) in [5, 5.41) is 14.1. The molecular formula is C13H25N3O4. The summed E-state index contributed by atoms with van der Waals surface area (Å²) in [5.41, 5.74) is 0. The van der Waals surface area contributed by atoms with E-state index in [1.807, 2.05) is 6.92 Å². The van der Waals surface area contributed by atoms with E-state index in [0.29, 0.717) is 13.1 Å². The molecular weight excluding hydrogens is 262 g/mol. The average molecular weight is 287 g/mol. The topological polar surface area (TPSA) is 98.7 Å². The minimum atomic E-state index is -0.942. The number of nitrogens with one attached hydrogen (secondary N) is 2. The van der Waals surface area contributed by atoms with Crippen molar-refractivity contribution >= 4 is 17.9 Å². The highest BCUT2D eigenvalue weighted by molar-refractivity contribution is 5.78. The zero-order valence-electron chi connectivity index (χ0n) is 12.4. The summed E-state index contributed by atoms with van der Waals surface area (Å²) in [4.78, 5) is 35.3. The largest absolute Gasteiger partial charge is 0.481 e. The minimum Gasteiger partial charge on any atom is -0.481 e. The highest BCUT2D eigenvalue weighted by Gasteiger charge is 2.20. The minimum absolute atomic E-state index is 0.0990. The molecule has 3 amide bonds. The van der Waals surface area contributed by atoms with E-state index < -0.39 is 5.97 Å². The molecule has 0 aromatic rings. The molecule has 0 aliphatic carbocycles. The Labute approximate surface area is 119 Å². The number of amides is 3. The predicted octanol–water partition coefficient (Wildman–Crippen LogP) is 0.797. The Balaban J connectivity index is 4.10. The maximum Gasteiger partial charge on any atom is 0.317 e. The van der Waals surface area contributed by atoms with Crippen molar-refractivity contribution in [3.63, 3.8) is 0 Å². The first-order valence-electron chi connectivity index (χ1n) is 6.95. The van der Waals surface area contributed by atoms with E-state index in [2.05, 4.69) is 10.6 Å². The van der Waals surface area contributed by atoms with Crippen LogP contribution < -0.4 is 10.6 Å². The maximum absolute atomic E-state index is 11.9. The summed E-state index contributed by atoms with van der Waals surface area (Å²) in [5.74, 6) is -1.04. The molecule has 0 aliphatic heterocycles. The Morgan fingerprint density at radius 2 is 1.80 bits per heavy atom. The Kier molecular flexibility index (Phi) is 9.15. The molecule has 1 unspecified atom stereocenters. The van der Waals surface area contributed by atoms with E-state index >= 15 is 0 Å². The molecule has 20 heavy (non-hydrogen) atoms. The molecule has 116 valence electrons. The van der Waals surface area contributed by atoms with Gasteiger partial charge in [-0.15, -0.1) is 0 Å². The number of rotatable bonds is 9. The van der Waals surface area contributed by atoms with Crippen LogP contribution >= 0.6 is 0 Å². The summed E-state index contributed by atoms with van der Waals surface area (Å²) >= 11 is 0. The van der Waals surface area contributed by atoms with Crippen LogP contribution in [0.25, 0.3) is 0 Å². The van der Waals surface area contributed by atoms with Crippen LogP contribution in [0.4, 0.5) is 4.79 Å². The Morgan fingerprint density at radius 3 is 2.30 bits per heavy atom. The van der Waals surface area contributed by atoms with E-state index in [9.17, 15) is 14.4 Å². The monoisotopic (exact) mass is 287 g/mol. The molecule has 0 radical (unpaired) electrons. The van der Waals surface area contributed by atoms with Crippen LogP contribution in [0.2, 0.25) is 0 Å². The maximum atomic E-state index is 11.9. The summed E-state index contributed by atoms with van der Waals surface area (Å²) in [6, 6.07) is -0.726. The Hall–Kier alpha value is -1.79. The van der Waals surface area contributed by atoms with Crippen molar-refractivity contribution in [2.75, 3.05) is 19.6 Å². The molecule has 0 aromatic carbocycles. The number of urea groups is 1. The second-order valence-electron chi connectivity index (χ2n) is 4.56. The summed E-state index contributed by atoms with van der Waals surface area (Å²) < 4.78 is 0. The van der Waals surface area contributed by atoms with Gasteiger partial charge in [-0.2, -0.15) is 0 Å². The average Bonchev–Trinajstić information content (AvgIpc) is 2.36. The van der Waals surface area contributed by atoms with Gasteiger partial charge in [0.15, 0.2) is 0 Å². The lowest BCUT2D eigenvalue weighted by molar-refractivity contribution is -0.138. The van der Waals surface area contributed by atoms with Crippen LogP contribution in [0.15, 0.2) is 0 Å². The highest BCUT2D eigenvalue weighted by Crippen LogP contribution is 2.04. The number of carboxylic acid groups (broad SMARTS) is 1. The number of carbonyl (C=O) groups is 3. The summed E-state index contributed by atoms with van der Waals surface area (Å²) in [6.45, 7) is 6.72. The van der Waals surface area contributed by atoms with Gasteiger partial charge in [-0.3, -0.25) is 9.59 Å². The fourth-order valence-electron chi connectivity index (χ4n) is 1.76. The zero-order valence-corrected chi connectivity index (χ0v) is 12.4. The molecule has 0 saturated carbocycles. The smallest absolute Gasteiger partial charge is 0.317 e. The molecule has 0 spiro atoms. The van der Waals surface area contributed by atoms with E-state index in [0.717, 1.165) is 6.42 Å². The molecule has 0 bridgehead atoms. The second kappa shape index (κ2) is 10.1.